The molecule has 1 aromatic carbocycles. The van der Waals surface area contributed by atoms with Crippen molar-refractivity contribution >= 4 is 17.3 Å². The zero-order valence-corrected chi connectivity index (χ0v) is 12.4. The molecule has 0 bridgehead atoms. The number of anilines is 1. The topological polar surface area (TPSA) is 99.3 Å². The van der Waals surface area contributed by atoms with Gasteiger partial charge in [0.2, 0.25) is 0 Å². The number of nitrogen functional groups attached to an aromatic ring is 1. The maximum Gasteiger partial charge on any atom is 0.345 e. The maximum atomic E-state index is 11.8. The summed E-state index contributed by atoms with van der Waals surface area (Å²) in [7, 11) is 1.79. The molecule has 1 heterocycles. The molecule has 2 rings (SSSR count). The molecule has 7 nitrogen and oxygen atoms in total. The Morgan fingerprint density at radius 1 is 1.43 bits per heavy atom. The fourth-order valence-corrected chi connectivity index (χ4v) is 1.79. The van der Waals surface area contributed by atoms with Gasteiger partial charge in [0, 0.05) is 23.9 Å². The van der Waals surface area contributed by atoms with Crippen molar-refractivity contribution in [2.45, 2.75) is 0 Å². The van der Waals surface area contributed by atoms with Crippen LogP contribution in [0.15, 0.2) is 42.7 Å². The highest BCUT2D eigenvalue weighted by Crippen LogP contribution is 2.18. The lowest BCUT2D eigenvalue weighted by molar-refractivity contribution is -0.671. The highest BCUT2D eigenvalue weighted by molar-refractivity contribution is 5.88. The molecular formula is C16H14N3O4+. The maximum absolute atomic E-state index is 11.8. The van der Waals surface area contributed by atoms with E-state index >= 15 is 0 Å². The van der Waals surface area contributed by atoms with Crippen LogP contribution in [0.5, 0.6) is 0 Å². The molecule has 1 aromatic heterocycles. The van der Waals surface area contributed by atoms with E-state index in [2.05, 4.69) is 11.8 Å². The molecule has 0 saturated heterocycles. The third kappa shape index (κ3) is 4.28. The highest BCUT2D eigenvalue weighted by Gasteiger charge is 2.10. The summed E-state index contributed by atoms with van der Waals surface area (Å²) in [5, 5.41) is 10.7. The Bertz CT molecular complexity index is 822. The smallest absolute Gasteiger partial charge is 0.345 e. The van der Waals surface area contributed by atoms with Crippen LogP contribution < -0.4 is 10.3 Å². The van der Waals surface area contributed by atoms with Gasteiger partial charge in [0.25, 0.3) is 5.69 Å². The molecule has 0 saturated carbocycles. The molecule has 7 heteroatoms. The van der Waals surface area contributed by atoms with Gasteiger partial charge in [-0.3, -0.25) is 10.1 Å². The Labute approximate surface area is 132 Å². The molecule has 0 atom stereocenters. The van der Waals surface area contributed by atoms with Gasteiger partial charge in [0.15, 0.2) is 19.0 Å². The lowest BCUT2D eigenvalue weighted by atomic mass is 10.1. The van der Waals surface area contributed by atoms with E-state index in [9.17, 15) is 14.9 Å². The van der Waals surface area contributed by atoms with E-state index in [1.807, 2.05) is 0 Å². The van der Waals surface area contributed by atoms with Crippen LogP contribution in [-0.2, 0) is 11.8 Å². The second kappa shape index (κ2) is 7.04. The number of aryl methyl sites for hydroxylation is 1. The number of carbonyl (C=O) groups excluding carboxylic acids is 1. The largest absolute Gasteiger partial charge is 0.449 e. The van der Waals surface area contributed by atoms with E-state index in [4.69, 9.17) is 10.5 Å². The van der Waals surface area contributed by atoms with Crippen LogP contribution in [0.25, 0.3) is 0 Å². The standard InChI is InChI=1S/C16H14N3O4/c1-18-8-2-4-13(11-18)16(20)23-9-3-5-12-10-14(19(21)22)6-7-15(12)17/h2,4,6-8,10-11H,9,17H2,1H3/q+1. The molecule has 0 aliphatic carbocycles. The van der Waals surface area contributed by atoms with Crippen molar-refractivity contribution in [2.75, 3.05) is 12.3 Å². The number of aromatic nitrogens is 1. The molecule has 116 valence electrons. The summed E-state index contributed by atoms with van der Waals surface area (Å²) < 4.78 is 6.75. The van der Waals surface area contributed by atoms with Gasteiger partial charge in [0.05, 0.1) is 10.5 Å². The summed E-state index contributed by atoms with van der Waals surface area (Å²) in [6, 6.07) is 7.36. The van der Waals surface area contributed by atoms with Gasteiger partial charge in [-0.1, -0.05) is 11.8 Å². The minimum atomic E-state index is -0.528. The van der Waals surface area contributed by atoms with E-state index in [1.165, 1.54) is 18.2 Å². The number of pyridine rings is 1. The van der Waals surface area contributed by atoms with Gasteiger partial charge < -0.3 is 10.5 Å². The predicted molar refractivity (Wildman–Crippen MR) is 82.3 cm³/mol. The van der Waals surface area contributed by atoms with E-state index in [0.717, 1.165) is 0 Å². The highest BCUT2D eigenvalue weighted by atomic mass is 16.6. The molecule has 0 amide bonds. The van der Waals surface area contributed by atoms with Crippen LogP contribution in [-0.4, -0.2) is 17.5 Å². The summed E-state index contributed by atoms with van der Waals surface area (Å²) >= 11 is 0. The second-order valence-corrected chi connectivity index (χ2v) is 4.66. The molecule has 0 radical (unpaired) electrons. The zero-order valence-electron chi connectivity index (χ0n) is 12.4. The van der Waals surface area contributed by atoms with Crippen molar-refractivity contribution in [2.24, 2.45) is 7.05 Å². The zero-order chi connectivity index (χ0) is 16.8. The van der Waals surface area contributed by atoms with Crippen LogP contribution in [0, 0.1) is 22.0 Å². The average Bonchev–Trinajstić information content (AvgIpc) is 2.52. The first-order valence-electron chi connectivity index (χ1n) is 6.62. The van der Waals surface area contributed by atoms with Gasteiger partial charge in [-0.05, 0) is 12.1 Å². The number of hydrogen-bond donors (Lipinski definition) is 1. The van der Waals surface area contributed by atoms with E-state index in [-0.39, 0.29) is 12.3 Å². The molecule has 0 spiro atoms. The van der Waals surface area contributed by atoms with Crippen LogP contribution in [0.2, 0.25) is 0 Å². The fraction of sp³-hybridized carbons (Fsp3) is 0.125. The number of rotatable bonds is 3. The molecule has 0 aliphatic rings. The fourth-order valence-electron chi connectivity index (χ4n) is 1.79. The van der Waals surface area contributed by atoms with Crippen molar-refractivity contribution in [3.63, 3.8) is 0 Å². The quantitative estimate of drug-likeness (QED) is 0.229. The number of non-ortho nitro benzene ring substituents is 1. The number of esters is 1. The summed E-state index contributed by atoms with van der Waals surface area (Å²) in [5.74, 6) is 4.79. The Morgan fingerprint density at radius 3 is 2.91 bits per heavy atom. The molecule has 0 aliphatic heterocycles. The van der Waals surface area contributed by atoms with E-state index in [1.54, 1.807) is 36.1 Å². The first-order valence-corrected chi connectivity index (χ1v) is 6.62. The molecule has 2 aromatic rings. The number of hydrogen-bond acceptors (Lipinski definition) is 5. The normalized spacial score (nSPS) is 9.61. The number of nitro groups is 1. The van der Waals surface area contributed by atoms with Gasteiger partial charge in [-0.2, -0.15) is 0 Å². The average molecular weight is 312 g/mol. The number of benzene rings is 1. The van der Waals surface area contributed by atoms with Crippen molar-refractivity contribution in [3.8, 4) is 11.8 Å². The summed E-state index contributed by atoms with van der Waals surface area (Å²) in [5.41, 5.74) is 6.66. The van der Waals surface area contributed by atoms with Crippen LogP contribution in [0.4, 0.5) is 11.4 Å². The number of nitro benzene ring substituents is 1. The SMILES string of the molecule is C[n+]1cccc(C(=O)OCC#Cc2cc([N+](=O)[O-])ccc2N)c1. The van der Waals surface area contributed by atoms with Gasteiger partial charge in [0.1, 0.15) is 12.6 Å². The summed E-state index contributed by atoms with van der Waals surface area (Å²) in [6.45, 7) is -0.139. The first kappa shape index (κ1) is 16.0. The van der Waals surface area contributed by atoms with Crippen molar-refractivity contribution < 1.29 is 19.0 Å². The summed E-state index contributed by atoms with van der Waals surface area (Å²) in [6.07, 6.45) is 3.43. The third-order valence-electron chi connectivity index (χ3n) is 2.92. The first-order chi connectivity index (χ1) is 11.0. The monoisotopic (exact) mass is 312 g/mol. The minimum Gasteiger partial charge on any atom is -0.449 e. The lowest BCUT2D eigenvalue weighted by Gasteiger charge is -1.99. The second-order valence-electron chi connectivity index (χ2n) is 4.66. The van der Waals surface area contributed by atoms with Gasteiger partial charge >= 0.3 is 5.97 Å². The van der Waals surface area contributed by atoms with Gasteiger partial charge in [-0.25, -0.2) is 9.36 Å². The van der Waals surface area contributed by atoms with Crippen LogP contribution in [0.3, 0.4) is 0 Å². The molecule has 23 heavy (non-hydrogen) atoms. The molecule has 0 unspecified atom stereocenters. The lowest BCUT2D eigenvalue weighted by Crippen LogP contribution is -2.28. The van der Waals surface area contributed by atoms with Crippen LogP contribution in [0.1, 0.15) is 15.9 Å². The van der Waals surface area contributed by atoms with Crippen LogP contribution >= 0.6 is 0 Å². The van der Waals surface area contributed by atoms with Crippen molar-refractivity contribution in [3.05, 3.63) is 64.0 Å². The molecule has 0 fully saturated rings. The van der Waals surface area contributed by atoms with Crippen molar-refractivity contribution in [1.82, 2.24) is 0 Å². The minimum absolute atomic E-state index is 0.0997. The number of carbonyl (C=O) groups is 1. The Hall–Kier alpha value is -3.40. The number of nitrogens with zero attached hydrogens (tertiary/aromatic N) is 2. The number of nitrogens with two attached hydrogens (primary N) is 1. The van der Waals surface area contributed by atoms with E-state index < -0.39 is 10.9 Å². The Balaban J connectivity index is 2.02. The third-order valence-corrected chi connectivity index (χ3v) is 2.92. The Kier molecular flexibility index (Phi) is 4.89. The number of ether oxygens (including phenoxy) is 1. The molecular weight excluding hydrogens is 298 g/mol. The van der Waals surface area contributed by atoms with Crippen molar-refractivity contribution in [1.29, 1.82) is 0 Å². The summed E-state index contributed by atoms with van der Waals surface area (Å²) in [4.78, 5) is 22.0. The van der Waals surface area contributed by atoms with Gasteiger partial charge in [-0.15, -0.1) is 0 Å². The molecule has 2 N–H and O–H groups in total. The predicted octanol–water partition coefficient (Wildman–Crippen LogP) is 1.21. The van der Waals surface area contributed by atoms with E-state index in [0.29, 0.717) is 16.8 Å². The Morgan fingerprint density at radius 2 is 2.22 bits per heavy atom.